The highest BCUT2D eigenvalue weighted by molar-refractivity contribution is 5.92. The van der Waals surface area contributed by atoms with Crippen LogP contribution in [-0.2, 0) is 23.9 Å². The van der Waals surface area contributed by atoms with Crippen molar-refractivity contribution in [3.8, 4) is 0 Å². The number of cyclic esters (lactones) is 1. The van der Waals surface area contributed by atoms with Crippen molar-refractivity contribution < 1.29 is 29.0 Å². The van der Waals surface area contributed by atoms with E-state index in [2.05, 4.69) is 16.1 Å². The first-order chi connectivity index (χ1) is 20.5. The lowest BCUT2D eigenvalue weighted by molar-refractivity contribution is -0.157. The molecule has 1 saturated heterocycles. The molecule has 43 heavy (non-hydrogen) atoms. The number of benzene rings is 1. The summed E-state index contributed by atoms with van der Waals surface area (Å²) in [6.07, 6.45) is 5.18. The Morgan fingerprint density at radius 3 is 2.56 bits per heavy atom. The molecule has 0 spiro atoms. The summed E-state index contributed by atoms with van der Waals surface area (Å²) in [7, 11) is 0. The van der Waals surface area contributed by atoms with Gasteiger partial charge in [-0.05, 0) is 69.6 Å². The molecule has 0 unspecified atom stereocenters. The van der Waals surface area contributed by atoms with Crippen LogP contribution in [0.4, 0.5) is 0 Å². The van der Waals surface area contributed by atoms with Crippen LogP contribution in [0.1, 0.15) is 83.6 Å². The highest BCUT2D eigenvalue weighted by Gasteiger charge is 2.34. The van der Waals surface area contributed by atoms with E-state index < -0.39 is 48.1 Å². The monoisotopic (exact) mass is 593 g/mol. The first-order valence-corrected chi connectivity index (χ1v) is 15.1. The Kier molecular flexibility index (Phi) is 10.9. The Morgan fingerprint density at radius 1 is 1.02 bits per heavy atom. The fourth-order valence-corrected chi connectivity index (χ4v) is 5.24. The normalized spacial score (nSPS) is 27.8. The Morgan fingerprint density at radius 2 is 1.79 bits per heavy atom. The predicted octanol–water partition coefficient (Wildman–Crippen LogP) is 2.93. The number of hydrogen-bond donors (Lipinski definition) is 4. The molecule has 232 valence electrons. The molecule has 3 heterocycles. The molecule has 11 heteroatoms. The second-order valence-corrected chi connectivity index (χ2v) is 11.8. The zero-order chi connectivity index (χ0) is 31.1. The van der Waals surface area contributed by atoms with Gasteiger partial charge in [-0.3, -0.25) is 24.2 Å². The molecule has 4 N–H and O–H groups in total. The minimum atomic E-state index is -0.900. The number of nitrogens with one attached hydrogen (secondary N) is 3. The average molecular weight is 594 g/mol. The fraction of sp³-hybridized carbons (Fsp3) is 0.531. The molecule has 1 aromatic heterocycles. The van der Waals surface area contributed by atoms with Gasteiger partial charge in [0.1, 0.15) is 24.2 Å². The zero-order valence-corrected chi connectivity index (χ0v) is 25.3. The molecule has 0 radical (unpaired) electrons. The summed E-state index contributed by atoms with van der Waals surface area (Å²) in [6.45, 7) is 7.32. The molecule has 2 aliphatic rings. The van der Waals surface area contributed by atoms with Gasteiger partial charge < -0.3 is 20.5 Å². The number of nitrogens with zero attached hydrogens (tertiary/aromatic N) is 2. The van der Waals surface area contributed by atoms with Crippen LogP contribution in [-0.4, -0.2) is 69.6 Å². The number of fused-ring (bicyclic) bond motifs is 4. The summed E-state index contributed by atoms with van der Waals surface area (Å²) < 4.78 is 5.76. The molecular formula is C32H43N5O6. The Balaban J connectivity index is 1.55. The molecule has 2 aromatic rings. The van der Waals surface area contributed by atoms with Crippen molar-refractivity contribution in [3.05, 3.63) is 47.7 Å². The number of aromatic nitrogens is 1. The number of hydrogen-bond acceptors (Lipinski definition) is 8. The smallest absolute Gasteiger partial charge is 0.325 e. The molecule has 1 fully saturated rings. The lowest BCUT2D eigenvalue weighted by Gasteiger charge is -2.35. The molecule has 11 nitrogen and oxygen atoms in total. The van der Waals surface area contributed by atoms with Gasteiger partial charge in [-0.25, -0.2) is 10.4 Å². The highest BCUT2D eigenvalue weighted by atomic mass is 16.5. The van der Waals surface area contributed by atoms with E-state index in [9.17, 15) is 24.3 Å². The second-order valence-electron chi connectivity index (χ2n) is 11.8. The number of aliphatic hydroxyl groups is 1. The number of rotatable bonds is 1. The minimum absolute atomic E-state index is 0.0716. The minimum Gasteiger partial charge on any atom is -0.455 e. The summed E-state index contributed by atoms with van der Waals surface area (Å²) in [5.41, 5.74) is 5.29. The first-order valence-electron chi connectivity index (χ1n) is 15.1. The second kappa shape index (κ2) is 14.6. The van der Waals surface area contributed by atoms with Crippen LogP contribution in [0.5, 0.6) is 0 Å². The van der Waals surface area contributed by atoms with Crippen molar-refractivity contribution in [2.75, 3.05) is 6.54 Å². The van der Waals surface area contributed by atoms with Gasteiger partial charge in [-0.15, -0.1) is 0 Å². The number of ether oxygens (including phenoxy) is 1. The van der Waals surface area contributed by atoms with Crippen LogP contribution in [0.3, 0.4) is 0 Å². The average Bonchev–Trinajstić information content (AvgIpc) is 2.99. The maximum absolute atomic E-state index is 13.2. The van der Waals surface area contributed by atoms with Gasteiger partial charge >= 0.3 is 5.97 Å². The van der Waals surface area contributed by atoms with E-state index in [0.717, 1.165) is 16.5 Å². The van der Waals surface area contributed by atoms with Crippen LogP contribution in [0.2, 0.25) is 0 Å². The van der Waals surface area contributed by atoms with Gasteiger partial charge in [0.05, 0.1) is 17.3 Å². The van der Waals surface area contributed by atoms with E-state index in [4.69, 9.17) is 9.72 Å². The molecule has 4 rings (SSSR count). The van der Waals surface area contributed by atoms with E-state index in [1.165, 1.54) is 5.01 Å². The lowest BCUT2D eigenvalue weighted by atomic mass is 10.0. The van der Waals surface area contributed by atoms with Crippen LogP contribution in [0, 0.1) is 5.92 Å². The van der Waals surface area contributed by atoms with Gasteiger partial charge in [0, 0.05) is 18.4 Å². The number of hydrazine groups is 1. The van der Waals surface area contributed by atoms with E-state index in [-0.39, 0.29) is 24.7 Å². The number of carbonyl (C=O) groups excluding carboxylic acids is 4. The van der Waals surface area contributed by atoms with Crippen molar-refractivity contribution in [1.82, 2.24) is 26.1 Å². The van der Waals surface area contributed by atoms with Crippen LogP contribution < -0.4 is 16.1 Å². The number of amides is 3. The third-order valence-corrected chi connectivity index (χ3v) is 7.86. The topological polar surface area (TPSA) is 150 Å². The van der Waals surface area contributed by atoms with Gasteiger partial charge in [0.25, 0.3) is 5.91 Å². The molecule has 2 aliphatic heterocycles. The quantitative estimate of drug-likeness (QED) is 0.369. The molecule has 5 atom stereocenters. The Hall–Kier alpha value is -3.83. The third kappa shape index (κ3) is 8.61. The number of esters is 1. The van der Waals surface area contributed by atoms with E-state index in [1.807, 2.05) is 56.3 Å². The molecular weight excluding hydrogens is 550 g/mol. The zero-order valence-electron chi connectivity index (χ0n) is 25.3. The van der Waals surface area contributed by atoms with Crippen molar-refractivity contribution in [3.63, 3.8) is 0 Å². The first kappa shape index (κ1) is 32.1. The summed E-state index contributed by atoms with van der Waals surface area (Å²) in [6, 6.07) is 7.22. The third-order valence-electron chi connectivity index (χ3n) is 7.86. The number of aliphatic hydroxyl groups excluding tert-OH is 1. The van der Waals surface area contributed by atoms with Gasteiger partial charge in [-0.2, -0.15) is 0 Å². The SMILES string of the molecule is CC(C)[C@@H]1NC(=O)CC[C@@H](O)CC/C=C/c2ccc3ccc(nc3c2)[C@@H](C)OC(=O)[C@@H]2CCCN(N2)C(=O)[C@H](C)NC1=O. The molecule has 3 amide bonds. The van der Waals surface area contributed by atoms with E-state index >= 15 is 0 Å². The lowest BCUT2D eigenvalue weighted by Crippen LogP contribution is -2.61. The van der Waals surface area contributed by atoms with Gasteiger partial charge in [0.2, 0.25) is 11.8 Å². The van der Waals surface area contributed by atoms with Crippen molar-refractivity contribution >= 4 is 40.7 Å². The van der Waals surface area contributed by atoms with Crippen molar-refractivity contribution in [2.45, 2.75) is 96.6 Å². The Bertz CT molecular complexity index is 1360. The van der Waals surface area contributed by atoms with Crippen LogP contribution in [0.25, 0.3) is 17.0 Å². The maximum atomic E-state index is 13.2. The molecule has 1 aromatic carbocycles. The molecule has 0 saturated carbocycles. The summed E-state index contributed by atoms with van der Waals surface area (Å²) in [4.78, 5) is 56.8. The van der Waals surface area contributed by atoms with E-state index in [1.54, 1.807) is 13.8 Å². The fourth-order valence-electron chi connectivity index (χ4n) is 5.24. The van der Waals surface area contributed by atoms with Gasteiger partial charge in [-0.1, -0.05) is 44.2 Å². The molecule has 5 bridgehead atoms. The Labute approximate surface area is 252 Å². The number of carbonyl (C=O) groups is 4. The molecule has 0 aliphatic carbocycles. The summed E-state index contributed by atoms with van der Waals surface area (Å²) >= 11 is 0. The van der Waals surface area contributed by atoms with E-state index in [0.29, 0.717) is 37.9 Å². The standard InChI is InChI=1S/C32H43N5O6/c1-19(2)29-30(40)33-20(3)31(41)37-17-7-10-26(36-37)32(42)43-21(4)25-15-13-23-12-11-22(18-27(23)34-25)8-5-6-9-24(38)14-16-28(39)35-29/h5,8,11-13,15,18-21,24,26,29,36,38H,6-7,9-10,14,16-17H2,1-4H3,(H,33,40)(H,35,39)/b8-5+/t20-,21+,24-,26-,29-/m0/s1. The van der Waals surface area contributed by atoms with Crippen molar-refractivity contribution in [2.24, 2.45) is 5.92 Å². The van der Waals surface area contributed by atoms with Gasteiger partial charge in [0.15, 0.2) is 0 Å². The van der Waals surface area contributed by atoms with Crippen molar-refractivity contribution in [1.29, 1.82) is 0 Å². The predicted molar refractivity (Wildman–Crippen MR) is 162 cm³/mol. The summed E-state index contributed by atoms with van der Waals surface area (Å²) in [5.74, 6) is -1.94. The highest BCUT2D eigenvalue weighted by Crippen LogP contribution is 2.22. The van der Waals surface area contributed by atoms with Crippen LogP contribution >= 0.6 is 0 Å². The summed E-state index contributed by atoms with van der Waals surface area (Å²) in [5, 5.41) is 18.2. The number of allylic oxidation sites excluding steroid dienone is 1. The maximum Gasteiger partial charge on any atom is 0.325 e. The van der Waals surface area contributed by atoms with Crippen LogP contribution in [0.15, 0.2) is 36.4 Å². The largest absolute Gasteiger partial charge is 0.455 e. The number of pyridine rings is 1.